The molecule has 1 aromatic heterocycles. The number of aliphatic carboxylic acids is 1. The first-order valence-corrected chi connectivity index (χ1v) is 11.1. The van der Waals surface area contributed by atoms with E-state index in [4.69, 9.17) is 24.0 Å². The van der Waals surface area contributed by atoms with Crippen LogP contribution in [0, 0.1) is 6.92 Å². The fourth-order valence-corrected chi connectivity index (χ4v) is 4.42. The van der Waals surface area contributed by atoms with Gasteiger partial charge in [0.05, 0.1) is 31.5 Å². The molecule has 33 heavy (non-hydrogen) atoms. The third-order valence-corrected chi connectivity index (χ3v) is 6.15. The lowest BCUT2D eigenvalue weighted by Crippen LogP contribution is -2.10. The first-order valence-electron chi connectivity index (χ1n) is 11.1. The number of hydrogen-bond donors (Lipinski definition) is 1. The molecule has 0 saturated carbocycles. The molecule has 0 amide bonds. The van der Waals surface area contributed by atoms with Crippen LogP contribution < -0.4 is 14.4 Å². The molecule has 1 aliphatic rings. The van der Waals surface area contributed by atoms with E-state index in [0.29, 0.717) is 18.9 Å². The summed E-state index contributed by atoms with van der Waals surface area (Å²) in [6.45, 7) is 2.40. The van der Waals surface area contributed by atoms with Crippen LogP contribution in [0.2, 0.25) is 0 Å². The first-order chi connectivity index (χ1) is 15.9. The van der Waals surface area contributed by atoms with Crippen LogP contribution in [-0.2, 0) is 17.6 Å². The van der Waals surface area contributed by atoms with Crippen molar-refractivity contribution in [2.45, 2.75) is 38.5 Å². The number of fused-ring (bicyclic) bond motifs is 1. The normalized spacial score (nSPS) is 14.7. The van der Waals surface area contributed by atoms with Gasteiger partial charge in [0.25, 0.3) is 0 Å². The zero-order valence-corrected chi connectivity index (χ0v) is 19.6. The number of hydrogen-bond acceptors (Lipinski definition) is 6. The van der Waals surface area contributed by atoms with Gasteiger partial charge < -0.3 is 23.9 Å². The molecule has 0 spiro atoms. The first kappa shape index (κ1) is 22.7. The summed E-state index contributed by atoms with van der Waals surface area (Å²) >= 11 is 0. The summed E-state index contributed by atoms with van der Waals surface area (Å²) in [4.78, 5) is 17.8. The van der Waals surface area contributed by atoms with Crippen LogP contribution in [-0.4, -0.2) is 43.9 Å². The lowest BCUT2D eigenvalue weighted by Gasteiger charge is -2.17. The summed E-state index contributed by atoms with van der Waals surface area (Å²) in [6.07, 6.45) is 2.59. The summed E-state index contributed by atoms with van der Waals surface area (Å²) in [7, 11) is 5.60. The quantitative estimate of drug-likeness (QED) is 0.499. The summed E-state index contributed by atoms with van der Waals surface area (Å²) < 4.78 is 17.4. The van der Waals surface area contributed by atoms with Gasteiger partial charge in [-0.15, -0.1) is 0 Å². The Labute approximate surface area is 194 Å². The second-order valence-electron chi connectivity index (χ2n) is 8.60. The highest BCUT2D eigenvalue weighted by Crippen LogP contribution is 2.37. The molecule has 4 rings (SSSR count). The SMILES string of the molecule is COc1ccc(-c2nc(CCOc3ccc4c(c3)CC[C@H]4CC(=O)O)c(C)o2)cc1N(C)C. The van der Waals surface area contributed by atoms with Crippen molar-refractivity contribution in [1.82, 2.24) is 4.98 Å². The molecule has 1 atom stereocenters. The van der Waals surface area contributed by atoms with Gasteiger partial charge in [-0.05, 0) is 67.1 Å². The van der Waals surface area contributed by atoms with E-state index in [2.05, 4.69) is 0 Å². The molecule has 0 unspecified atom stereocenters. The minimum absolute atomic E-state index is 0.105. The third kappa shape index (κ3) is 4.97. The van der Waals surface area contributed by atoms with Crippen LogP contribution >= 0.6 is 0 Å². The van der Waals surface area contributed by atoms with E-state index in [-0.39, 0.29) is 12.3 Å². The molecule has 3 aromatic rings. The van der Waals surface area contributed by atoms with Gasteiger partial charge >= 0.3 is 5.97 Å². The molecule has 0 fully saturated rings. The number of aromatic nitrogens is 1. The maximum Gasteiger partial charge on any atom is 0.303 e. The van der Waals surface area contributed by atoms with Crippen molar-refractivity contribution >= 4 is 11.7 Å². The summed E-state index contributed by atoms with van der Waals surface area (Å²) in [5.41, 5.74) is 5.05. The van der Waals surface area contributed by atoms with E-state index < -0.39 is 5.97 Å². The molecule has 174 valence electrons. The standard InChI is InChI=1S/C26H30N2O5/c1-16-22(27-26(33-16)19-7-10-24(31-4)23(14-19)28(2)3)11-12-32-20-8-9-21-17(13-20)5-6-18(21)15-25(29)30/h7-10,13-14,18H,5-6,11-12,15H2,1-4H3,(H,29,30)/t18-/m0/s1. The molecule has 7 nitrogen and oxygen atoms in total. The van der Waals surface area contributed by atoms with Crippen molar-refractivity contribution < 1.29 is 23.8 Å². The van der Waals surface area contributed by atoms with Gasteiger partial charge in [-0.1, -0.05) is 6.07 Å². The van der Waals surface area contributed by atoms with Crippen LogP contribution in [0.4, 0.5) is 5.69 Å². The molecule has 0 bridgehead atoms. The molecule has 2 aromatic carbocycles. The highest BCUT2D eigenvalue weighted by molar-refractivity contribution is 5.69. The summed E-state index contributed by atoms with van der Waals surface area (Å²) in [6, 6.07) is 11.9. The summed E-state index contributed by atoms with van der Waals surface area (Å²) in [5, 5.41) is 9.09. The Morgan fingerprint density at radius 1 is 1.24 bits per heavy atom. The Bertz CT molecular complexity index is 1150. The van der Waals surface area contributed by atoms with E-state index in [0.717, 1.165) is 52.6 Å². The van der Waals surface area contributed by atoms with Gasteiger partial charge in [0.2, 0.25) is 5.89 Å². The molecule has 1 N–H and O–H groups in total. The summed E-state index contributed by atoms with van der Waals surface area (Å²) in [5.74, 6) is 2.31. The highest BCUT2D eigenvalue weighted by Gasteiger charge is 2.25. The number of carbonyl (C=O) groups is 1. The molecule has 0 saturated heterocycles. The molecule has 1 heterocycles. The number of ether oxygens (including phenoxy) is 2. The molecular formula is C26H30N2O5. The second kappa shape index (κ2) is 9.57. The zero-order valence-electron chi connectivity index (χ0n) is 19.6. The molecule has 0 aliphatic heterocycles. The maximum absolute atomic E-state index is 11.1. The van der Waals surface area contributed by atoms with Crippen molar-refractivity contribution in [3.05, 3.63) is 59.0 Å². The number of carboxylic acids is 1. The molecule has 0 radical (unpaired) electrons. The van der Waals surface area contributed by atoms with Crippen molar-refractivity contribution in [1.29, 1.82) is 0 Å². The number of carboxylic acid groups (broad SMARTS) is 1. The second-order valence-corrected chi connectivity index (χ2v) is 8.60. The van der Waals surface area contributed by atoms with Gasteiger partial charge in [-0.2, -0.15) is 0 Å². The van der Waals surface area contributed by atoms with Crippen molar-refractivity contribution in [2.75, 3.05) is 32.7 Å². The minimum atomic E-state index is -0.747. The maximum atomic E-state index is 11.1. The van der Waals surface area contributed by atoms with Gasteiger partial charge in [0.1, 0.15) is 17.3 Å². The van der Waals surface area contributed by atoms with Gasteiger partial charge in [0, 0.05) is 26.1 Å². The largest absolute Gasteiger partial charge is 0.495 e. The fraction of sp³-hybridized carbons (Fsp3) is 0.385. The van der Waals surface area contributed by atoms with E-state index >= 15 is 0 Å². The van der Waals surface area contributed by atoms with E-state index in [9.17, 15) is 4.79 Å². The Morgan fingerprint density at radius 2 is 2.06 bits per heavy atom. The van der Waals surface area contributed by atoms with Gasteiger partial charge in [-0.3, -0.25) is 4.79 Å². The number of methoxy groups -OCH3 is 1. The van der Waals surface area contributed by atoms with E-state index in [1.54, 1.807) is 7.11 Å². The van der Waals surface area contributed by atoms with Crippen LogP contribution in [0.5, 0.6) is 11.5 Å². The Balaban J connectivity index is 1.41. The number of oxazole rings is 1. The number of rotatable bonds is 9. The van der Waals surface area contributed by atoms with Crippen LogP contribution in [0.15, 0.2) is 40.8 Å². The lowest BCUT2D eigenvalue weighted by atomic mass is 9.98. The van der Waals surface area contributed by atoms with E-state index in [1.165, 1.54) is 5.56 Å². The lowest BCUT2D eigenvalue weighted by molar-refractivity contribution is -0.137. The third-order valence-electron chi connectivity index (χ3n) is 6.15. The number of benzene rings is 2. The number of aryl methyl sites for hydroxylation is 2. The van der Waals surface area contributed by atoms with Crippen molar-refractivity contribution in [3.8, 4) is 23.0 Å². The highest BCUT2D eigenvalue weighted by atomic mass is 16.5. The number of nitrogens with zero attached hydrogens (tertiary/aromatic N) is 2. The van der Waals surface area contributed by atoms with E-state index in [1.807, 2.05) is 62.3 Å². The monoisotopic (exact) mass is 450 g/mol. The van der Waals surface area contributed by atoms with Crippen molar-refractivity contribution in [2.24, 2.45) is 0 Å². The molecule has 7 heteroatoms. The van der Waals surface area contributed by atoms with Crippen LogP contribution in [0.25, 0.3) is 11.5 Å². The number of anilines is 1. The Kier molecular flexibility index (Phi) is 6.58. The van der Waals surface area contributed by atoms with Crippen LogP contribution in [0.3, 0.4) is 0 Å². The average molecular weight is 451 g/mol. The topological polar surface area (TPSA) is 85.0 Å². The minimum Gasteiger partial charge on any atom is -0.495 e. The zero-order chi connectivity index (χ0) is 23.5. The predicted molar refractivity (Wildman–Crippen MR) is 127 cm³/mol. The average Bonchev–Trinajstić information content (AvgIpc) is 3.36. The van der Waals surface area contributed by atoms with Gasteiger partial charge in [-0.25, -0.2) is 4.98 Å². The predicted octanol–water partition coefficient (Wildman–Crippen LogP) is 4.85. The smallest absolute Gasteiger partial charge is 0.303 e. The van der Waals surface area contributed by atoms with Gasteiger partial charge in [0.15, 0.2) is 0 Å². The molecular weight excluding hydrogens is 420 g/mol. The fourth-order valence-electron chi connectivity index (χ4n) is 4.42. The van der Waals surface area contributed by atoms with Crippen molar-refractivity contribution in [3.63, 3.8) is 0 Å². The Morgan fingerprint density at radius 3 is 2.79 bits per heavy atom. The Hall–Kier alpha value is -3.48. The molecule has 1 aliphatic carbocycles. The van der Waals surface area contributed by atoms with Crippen LogP contribution in [0.1, 0.15) is 41.3 Å².